The molecule has 38 heavy (non-hydrogen) atoms. The minimum Gasteiger partial charge on any atom is -0.392 e. The van der Waals surface area contributed by atoms with Crippen molar-refractivity contribution in [2.24, 2.45) is 0 Å². The van der Waals surface area contributed by atoms with E-state index in [0.29, 0.717) is 34.7 Å². The van der Waals surface area contributed by atoms with Crippen molar-refractivity contribution >= 4 is 40.2 Å². The number of imidazole rings is 2. The molecule has 0 spiro atoms. The fourth-order valence-electron chi connectivity index (χ4n) is 4.32. The third-order valence-corrected chi connectivity index (χ3v) is 6.48. The predicted octanol–water partition coefficient (Wildman–Crippen LogP) is 4.61. The first-order valence-electron chi connectivity index (χ1n) is 12.6. The average Bonchev–Trinajstić information content (AvgIpc) is 3.60. The van der Waals surface area contributed by atoms with Crippen LogP contribution >= 0.6 is 11.6 Å². The fourth-order valence-corrected chi connectivity index (χ4v) is 4.48. The molecule has 5 aromatic heterocycles. The zero-order valence-electron chi connectivity index (χ0n) is 21.2. The Morgan fingerprint density at radius 1 is 1.18 bits per heavy atom. The summed E-state index contributed by atoms with van der Waals surface area (Å²) in [4.78, 5) is 30.2. The van der Waals surface area contributed by atoms with Crippen LogP contribution in [0.5, 0.6) is 0 Å². The number of fused-ring (bicyclic) bond motifs is 2. The number of aromatic nitrogens is 6. The lowest BCUT2D eigenvalue weighted by molar-refractivity contribution is -0.115. The molecule has 0 unspecified atom stereocenters. The van der Waals surface area contributed by atoms with Gasteiger partial charge in [-0.15, -0.1) is 0 Å². The largest absolute Gasteiger partial charge is 0.392 e. The number of halogens is 1. The number of amides is 1. The Kier molecular flexibility index (Phi) is 7.52. The van der Waals surface area contributed by atoms with Crippen molar-refractivity contribution in [3.05, 3.63) is 83.2 Å². The second-order valence-corrected chi connectivity index (χ2v) is 9.32. The van der Waals surface area contributed by atoms with Crippen LogP contribution in [-0.4, -0.2) is 39.8 Å². The molecule has 0 atom stereocenters. The molecule has 0 saturated heterocycles. The molecule has 1 amide bonds. The molecule has 5 aromatic rings. The number of rotatable bonds is 8. The standard InChI is InChI=1S/C25H23ClN8O2.C2H6/c26-18-3-4-33-14-30-20(22(33)6-18)7-23(36)32-21-9-27-13-29-24(21)28-8-19-11-34-10-16(15-1-2-15)5-17(12-35)25(34)31-19;1-2/h3-6,9-11,13-15,35H,1-2,7-8,12H2,(H,32,36)(H,27,28,29);1-2H3. The van der Waals surface area contributed by atoms with Crippen LogP contribution in [-0.2, 0) is 24.4 Å². The number of pyridine rings is 2. The van der Waals surface area contributed by atoms with Crippen LogP contribution in [0, 0.1) is 0 Å². The number of nitrogens with zero attached hydrogens (tertiary/aromatic N) is 6. The van der Waals surface area contributed by atoms with E-state index in [1.54, 1.807) is 30.9 Å². The van der Waals surface area contributed by atoms with Gasteiger partial charge in [0.1, 0.15) is 17.7 Å². The number of aliphatic hydroxyl groups excluding tert-OH is 1. The van der Waals surface area contributed by atoms with Gasteiger partial charge in [-0.25, -0.2) is 19.9 Å². The fraction of sp³-hybridized carbons (Fsp3) is 0.296. The number of aliphatic hydroxyl groups is 1. The highest BCUT2D eigenvalue weighted by atomic mass is 35.5. The van der Waals surface area contributed by atoms with Gasteiger partial charge in [-0.05, 0) is 42.5 Å². The van der Waals surface area contributed by atoms with Gasteiger partial charge in [-0.2, -0.15) is 0 Å². The zero-order chi connectivity index (χ0) is 26.6. The van der Waals surface area contributed by atoms with Gasteiger partial charge in [0.15, 0.2) is 5.82 Å². The third kappa shape index (κ3) is 5.46. The van der Waals surface area contributed by atoms with E-state index in [9.17, 15) is 9.90 Å². The van der Waals surface area contributed by atoms with Crippen molar-refractivity contribution in [3.63, 3.8) is 0 Å². The molecule has 5 heterocycles. The van der Waals surface area contributed by atoms with Gasteiger partial charge in [0.2, 0.25) is 5.91 Å². The maximum Gasteiger partial charge on any atom is 0.230 e. The molecular formula is C27H29ClN8O2. The Labute approximate surface area is 224 Å². The highest BCUT2D eigenvalue weighted by Crippen LogP contribution is 2.40. The number of carbonyl (C=O) groups is 1. The lowest BCUT2D eigenvalue weighted by atomic mass is 10.1. The Balaban J connectivity index is 0.00000144. The van der Waals surface area contributed by atoms with Gasteiger partial charge in [0.25, 0.3) is 0 Å². The van der Waals surface area contributed by atoms with Gasteiger partial charge in [-0.3, -0.25) is 4.79 Å². The summed E-state index contributed by atoms with van der Waals surface area (Å²) in [5.74, 6) is 0.809. The third-order valence-electron chi connectivity index (χ3n) is 6.25. The molecule has 0 bridgehead atoms. The van der Waals surface area contributed by atoms with Crippen LogP contribution in [0.4, 0.5) is 11.5 Å². The van der Waals surface area contributed by atoms with E-state index >= 15 is 0 Å². The normalized spacial score (nSPS) is 12.8. The van der Waals surface area contributed by atoms with Crippen LogP contribution in [0.25, 0.3) is 11.2 Å². The summed E-state index contributed by atoms with van der Waals surface area (Å²) in [5, 5.41) is 16.5. The summed E-state index contributed by atoms with van der Waals surface area (Å²) < 4.78 is 3.79. The molecule has 10 nitrogen and oxygen atoms in total. The Morgan fingerprint density at radius 3 is 2.82 bits per heavy atom. The van der Waals surface area contributed by atoms with E-state index in [-0.39, 0.29) is 18.9 Å². The van der Waals surface area contributed by atoms with Crippen molar-refractivity contribution in [1.82, 2.24) is 28.7 Å². The van der Waals surface area contributed by atoms with Gasteiger partial charge < -0.3 is 24.5 Å². The molecule has 0 aliphatic heterocycles. The second-order valence-electron chi connectivity index (χ2n) is 8.89. The van der Waals surface area contributed by atoms with E-state index in [1.807, 2.05) is 34.9 Å². The number of anilines is 2. The van der Waals surface area contributed by atoms with Gasteiger partial charge in [0, 0.05) is 29.2 Å². The first-order chi connectivity index (χ1) is 18.6. The van der Waals surface area contributed by atoms with E-state index in [2.05, 4.69) is 36.8 Å². The van der Waals surface area contributed by atoms with Gasteiger partial charge in [-0.1, -0.05) is 25.4 Å². The lowest BCUT2D eigenvalue weighted by Crippen LogP contribution is -2.17. The molecule has 196 valence electrons. The summed E-state index contributed by atoms with van der Waals surface area (Å²) >= 11 is 6.10. The van der Waals surface area contributed by atoms with Crippen LogP contribution in [0.1, 0.15) is 55.1 Å². The molecule has 0 radical (unpaired) electrons. The number of carbonyl (C=O) groups excluding carboxylic acids is 1. The second kappa shape index (κ2) is 11.2. The molecule has 1 aliphatic carbocycles. The van der Waals surface area contributed by atoms with Crippen LogP contribution in [0.3, 0.4) is 0 Å². The molecule has 3 N–H and O–H groups in total. The number of hydrogen-bond acceptors (Lipinski definition) is 7. The molecule has 6 rings (SSSR count). The van der Waals surface area contributed by atoms with Gasteiger partial charge >= 0.3 is 0 Å². The summed E-state index contributed by atoms with van der Waals surface area (Å²) in [7, 11) is 0. The van der Waals surface area contributed by atoms with Crippen LogP contribution in [0.2, 0.25) is 5.02 Å². The van der Waals surface area contributed by atoms with E-state index < -0.39 is 0 Å². The minimum atomic E-state index is -0.249. The molecule has 1 aliphatic rings. The Bertz CT molecular complexity index is 1590. The van der Waals surface area contributed by atoms with E-state index in [0.717, 1.165) is 22.4 Å². The molecular weight excluding hydrogens is 504 g/mol. The summed E-state index contributed by atoms with van der Waals surface area (Å²) in [6.07, 6.45) is 12.9. The highest BCUT2D eigenvalue weighted by Gasteiger charge is 2.25. The highest BCUT2D eigenvalue weighted by molar-refractivity contribution is 6.30. The molecule has 0 aromatic carbocycles. The number of nitrogens with one attached hydrogen (secondary N) is 2. The van der Waals surface area contributed by atoms with E-state index in [4.69, 9.17) is 11.6 Å². The molecule has 1 fully saturated rings. The summed E-state index contributed by atoms with van der Waals surface area (Å²) in [6, 6.07) is 5.59. The van der Waals surface area contributed by atoms with Crippen molar-refractivity contribution in [2.45, 2.75) is 52.2 Å². The Hall–Kier alpha value is -4.02. The van der Waals surface area contributed by atoms with Crippen LogP contribution in [0.15, 0.2) is 55.6 Å². The average molecular weight is 533 g/mol. The smallest absolute Gasteiger partial charge is 0.230 e. The quantitative estimate of drug-likeness (QED) is 0.266. The van der Waals surface area contributed by atoms with Crippen molar-refractivity contribution in [1.29, 1.82) is 0 Å². The number of hydrogen-bond donors (Lipinski definition) is 3. The Morgan fingerprint density at radius 2 is 2.03 bits per heavy atom. The zero-order valence-corrected chi connectivity index (χ0v) is 22.0. The van der Waals surface area contributed by atoms with Crippen molar-refractivity contribution in [3.8, 4) is 0 Å². The first-order valence-corrected chi connectivity index (χ1v) is 13.0. The van der Waals surface area contributed by atoms with Crippen LogP contribution < -0.4 is 10.6 Å². The summed E-state index contributed by atoms with van der Waals surface area (Å²) in [6.45, 7) is 4.32. The first kappa shape index (κ1) is 25.6. The predicted molar refractivity (Wildman–Crippen MR) is 146 cm³/mol. The monoisotopic (exact) mass is 532 g/mol. The SMILES string of the molecule is CC.O=C(Cc1ncn2ccc(Cl)cc12)Nc1cncnc1NCc1cn2cc(C3CC3)cc(CO)c2n1. The molecule has 1 saturated carbocycles. The molecule has 11 heteroatoms. The maximum absolute atomic E-state index is 12.8. The summed E-state index contributed by atoms with van der Waals surface area (Å²) in [5.41, 5.74) is 5.43. The van der Waals surface area contributed by atoms with Crippen molar-refractivity contribution in [2.75, 3.05) is 10.6 Å². The maximum atomic E-state index is 12.8. The minimum absolute atomic E-state index is 0.0612. The topological polar surface area (TPSA) is 122 Å². The van der Waals surface area contributed by atoms with Gasteiger partial charge in [0.05, 0.1) is 49.0 Å². The van der Waals surface area contributed by atoms with Crippen molar-refractivity contribution < 1.29 is 9.90 Å². The van der Waals surface area contributed by atoms with E-state index in [1.165, 1.54) is 24.7 Å². The lowest BCUT2D eigenvalue weighted by Gasteiger charge is -2.10.